The monoisotopic (exact) mass is 426 g/mol. The van der Waals surface area contributed by atoms with Crippen LogP contribution in [0.5, 0.6) is 0 Å². The zero-order valence-electron chi connectivity index (χ0n) is 19.6. The summed E-state index contributed by atoms with van der Waals surface area (Å²) in [6, 6.07) is 0.309. The summed E-state index contributed by atoms with van der Waals surface area (Å²) in [7, 11) is 1.72. The quantitative estimate of drug-likeness (QED) is 0.329. The molecular weight excluding hydrogens is 384 g/mol. The van der Waals surface area contributed by atoms with E-state index in [9.17, 15) is 4.79 Å². The molecule has 2 fully saturated rings. The first-order valence-corrected chi connectivity index (χ1v) is 11.5. The second-order valence-corrected chi connectivity index (χ2v) is 9.04. The molecule has 174 valence electrons. The Morgan fingerprint density at radius 1 is 1.17 bits per heavy atom. The van der Waals surface area contributed by atoms with E-state index in [1.54, 1.807) is 7.11 Å². The Balaban J connectivity index is 1.81. The molecule has 1 N–H and O–H groups in total. The van der Waals surface area contributed by atoms with Gasteiger partial charge in [0.15, 0.2) is 5.96 Å². The van der Waals surface area contributed by atoms with Crippen LogP contribution in [0.1, 0.15) is 59.8 Å². The van der Waals surface area contributed by atoms with Gasteiger partial charge in [0.25, 0.3) is 0 Å². The molecule has 1 heterocycles. The van der Waals surface area contributed by atoms with Crippen molar-refractivity contribution in [2.45, 2.75) is 77.5 Å². The van der Waals surface area contributed by atoms with Crippen LogP contribution in [0.3, 0.4) is 0 Å². The van der Waals surface area contributed by atoms with Crippen molar-refractivity contribution in [1.29, 1.82) is 0 Å². The number of hydrogen-bond donors (Lipinski definition) is 1. The third-order valence-electron chi connectivity index (χ3n) is 5.14. The lowest BCUT2D eigenvalue weighted by Crippen LogP contribution is -2.47. The zero-order chi connectivity index (χ0) is 22.0. The Morgan fingerprint density at radius 3 is 2.43 bits per heavy atom. The molecule has 1 saturated heterocycles. The molecule has 8 nitrogen and oxygen atoms in total. The first kappa shape index (κ1) is 24.7. The van der Waals surface area contributed by atoms with Gasteiger partial charge in [0.05, 0.1) is 12.6 Å². The van der Waals surface area contributed by atoms with E-state index in [2.05, 4.69) is 17.1 Å². The molecule has 0 atom stereocenters. The SMILES string of the molecule is CCNC(=NCCN(C(=O)OC(C)(C)C)C1CC1)N1CCC(OCCCOC)CC1. The van der Waals surface area contributed by atoms with Gasteiger partial charge in [-0.15, -0.1) is 0 Å². The number of likely N-dealkylation sites (tertiary alicyclic amines) is 1. The number of rotatable bonds is 10. The molecule has 0 spiro atoms. The minimum atomic E-state index is -0.474. The number of carbonyl (C=O) groups is 1. The van der Waals surface area contributed by atoms with Gasteiger partial charge in [-0.2, -0.15) is 0 Å². The number of ether oxygens (including phenoxy) is 3. The predicted octanol–water partition coefficient (Wildman–Crippen LogP) is 2.87. The second-order valence-electron chi connectivity index (χ2n) is 9.04. The topological polar surface area (TPSA) is 75.6 Å². The summed E-state index contributed by atoms with van der Waals surface area (Å²) in [5, 5.41) is 3.40. The van der Waals surface area contributed by atoms with Crippen LogP contribution in [0.4, 0.5) is 4.79 Å². The van der Waals surface area contributed by atoms with Crippen molar-refractivity contribution in [3.8, 4) is 0 Å². The Labute approximate surface area is 182 Å². The summed E-state index contributed by atoms with van der Waals surface area (Å²) in [5.74, 6) is 0.926. The van der Waals surface area contributed by atoms with Crippen LogP contribution < -0.4 is 5.32 Å². The maximum absolute atomic E-state index is 12.5. The van der Waals surface area contributed by atoms with Crippen LogP contribution in [0, 0.1) is 0 Å². The van der Waals surface area contributed by atoms with Gasteiger partial charge < -0.3 is 29.3 Å². The van der Waals surface area contributed by atoms with Gasteiger partial charge in [-0.25, -0.2) is 4.79 Å². The summed E-state index contributed by atoms with van der Waals surface area (Å²) < 4.78 is 16.6. The number of nitrogens with one attached hydrogen (secondary N) is 1. The first-order valence-electron chi connectivity index (χ1n) is 11.5. The van der Waals surface area contributed by atoms with Gasteiger partial charge in [-0.3, -0.25) is 4.99 Å². The minimum Gasteiger partial charge on any atom is -0.444 e. The smallest absolute Gasteiger partial charge is 0.410 e. The number of hydrogen-bond acceptors (Lipinski definition) is 5. The van der Waals surface area contributed by atoms with Crippen molar-refractivity contribution in [2.24, 2.45) is 4.99 Å². The van der Waals surface area contributed by atoms with Crippen LogP contribution in [0.15, 0.2) is 4.99 Å². The van der Waals surface area contributed by atoms with Gasteiger partial charge in [0.1, 0.15) is 5.60 Å². The van der Waals surface area contributed by atoms with Crippen molar-refractivity contribution < 1.29 is 19.0 Å². The van der Waals surface area contributed by atoms with E-state index < -0.39 is 5.60 Å². The second kappa shape index (κ2) is 12.3. The van der Waals surface area contributed by atoms with Crippen LogP contribution in [-0.2, 0) is 14.2 Å². The van der Waals surface area contributed by atoms with Crippen molar-refractivity contribution in [1.82, 2.24) is 15.1 Å². The van der Waals surface area contributed by atoms with E-state index in [1.165, 1.54) is 0 Å². The van der Waals surface area contributed by atoms with E-state index in [1.807, 2.05) is 25.7 Å². The standard InChI is InChI=1S/C22H42N4O4/c1-6-23-20(25-13-10-19(11-14-25)29-17-7-16-28-5)24-12-15-26(18-8-9-18)21(27)30-22(2,3)4/h18-19H,6-17H2,1-5H3,(H,23,24). The minimum absolute atomic E-state index is 0.225. The Kier molecular flexibility index (Phi) is 10.2. The van der Waals surface area contributed by atoms with E-state index in [-0.39, 0.29) is 6.09 Å². The van der Waals surface area contributed by atoms with E-state index >= 15 is 0 Å². The summed E-state index contributed by atoms with van der Waals surface area (Å²) in [6.45, 7) is 13.2. The predicted molar refractivity (Wildman–Crippen MR) is 119 cm³/mol. The molecule has 30 heavy (non-hydrogen) atoms. The first-order chi connectivity index (χ1) is 14.3. The Bertz CT molecular complexity index is 538. The largest absolute Gasteiger partial charge is 0.444 e. The van der Waals surface area contributed by atoms with Gasteiger partial charge in [-0.05, 0) is 59.8 Å². The number of nitrogens with zero attached hydrogens (tertiary/aromatic N) is 3. The summed E-state index contributed by atoms with van der Waals surface area (Å²) in [6.07, 6.45) is 5.15. The average molecular weight is 427 g/mol. The molecule has 0 aromatic rings. The lowest BCUT2D eigenvalue weighted by atomic mass is 10.1. The third kappa shape index (κ3) is 9.08. The number of piperidine rings is 1. The van der Waals surface area contributed by atoms with Gasteiger partial charge in [0.2, 0.25) is 0 Å². The Morgan fingerprint density at radius 2 is 1.87 bits per heavy atom. The molecule has 1 aliphatic carbocycles. The fraction of sp³-hybridized carbons (Fsp3) is 0.909. The highest BCUT2D eigenvalue weighted by molar-refractivity contribution is 5.80. The molecule has 1 amide bonds. The van der Waals surface area contributed by atoms with Gasteiger partial charge >= 0.3 is 6.09 Å². The van der Waals surface area contributed by atoms with Crippen LogP contribution in [0.25, 0.3) is 0 Å². The fourth-order valence-corrected chi connectivity index (χ4v) is 3.51. The highest BCUT2D eigenvalue weighted by Crippen LogP contribution is 2.28. The van der Waals surface area contributed by atoms with E-state index in [0.29, 0.717) is 25.2 Å². The maximum atomic E-state index is 12.5. The summed E-state index contributed by atoms with van der Waals surface area (Å²) >= 11 is 0. The highest BCUT2D eigenvalue weighted by Gasteiger charge is 2.35. The molecule has 2 rings (SSSR count). The summed E-state index contributed by atoms with van der Waals surface area (Å²) in [5.41, 5.74) is -0.474. The molecule has 0 radical (unpaired) electrons. The fourth-order valence-electron chi connectivity index (χ4n) is 3.51. The molecule has 0 unspecified atom stereocenters. The normalized spacial score (nSPS) is 18.4. The van der Waals surface area contributed by atoms with Crippen molar-refractivity contribution in [3.63, 3.8) is 0 Å². The molecule has 0 aromatic heterocycles. The molecule has 1 aliphatic heterocycles. The molecule has 1 saturated carbocycles. The number of amides is 1. The van der Waals surface area contributed by atoms with Gasteiger partial charge in [0, 0.05) is 52.5 Å². The number of carbonyl (C=O) groups excluding carboxylic acids is 1. The maximum Gasteiger partial charge on any atom is 0.410 e. The summed E-state index contributed by atoms with van der Waals surface area (Å²) in [4.78, 5) is 21.5. The van der Waals surface area contributed by atoms with Crippen molar-refractivity contribution in [3.05, 3.63) is 0 Å². The molecule has 8 heteroatoms. The average Bonchev–Trinajstić information content (AvgIpc) is 3.52. The van der Waals surface area contributed by atoms with Crippen molar-refractivity contribution in [2.75, 3.05) is 53.0 Å². The molecule has 0 aromatic carbocycles. The zero-order valence-corrected chi connectivity index (χ0v) is 19.6. The van der Waals surface area contributed by atoms with Crippen LogP contribution >= 0.6 is 0 Å². The van der Waals surface area contributed by atoms with Crippen LogP contribution in [0.2, 0.25) is 0 Å². The van der Waals surface area contributed by atoms with Gasteiger partial charge in [-0.1, -0.05) is 0 Å². The molecule has 0 bridgehead atoms. The number of guanidine groups is 1. The number of methoxy groups -OCH3 is 1. The van der Waals surface area contributed by atoms with Crippen molar-refractivity contribution >= 4 is 12.1 Å². The third-order valence-corrected chi connectivity index (χ3v) is 5.14. The molecule has 2 aliphatic rings. The van der Waals surface area contributed by atoms with E-state index in [0.717, 1.165) is 70.9 Å². The lowest BCUT2D eigenvalue weighted by Gasteiger charge is -2.34. The highest BCUT2D eigenvalue weighted by atomic mass is 16.6. The number of aliphatic imine (C=N–C) groups is 1. The lowest BCUT2D eigenvalue weighted by molar-refractivity contribution is 0.00982. The Hall–Kier alpha value is -1.54. The van der Waals surface area contributed by atoms with Crippen LogP contribution in [-0.4, -0.2) is 92.6 Å². The molecular formula is C22H42N4O4. The van der Waals surface area contributed by atoms with E-state index in [4.69, 9.17) is 19.2 Å².